The fourth-order valence-electron chi connectivity index (χ4n) is 0.735. The second-order valence-electron chi connectivity index (χ2n) is 2.66. The van der Waals surface area contributed by atoms with Crippen LogP contribution in [0.4, 0.5) is 13.2 Å². The molecule has 0 aliphatic rings. The van der Waals surface area contributed by atoms with E-state index in [1.54, 1.807) is 24.3 Å². The first kappa shape index (κ1) is 14.3. The van der Waals surface area contributed by atoms with Gasteiger partial charge in [-0.1, -0.05) is 18.2 Å². The van der Waals surface area contributed by atoms with Crippen molar-refractivity contribution in [3.8, 4) is 0 Å². The van der Waals surface area contributed by atoms with E-state index in [0.717, 1.165) is 3.57 Å². The Labute approximate surface area is 107 Å². The molecule has 1 aromatic carbocycles. The summed E-state index contributed by atoms with van der Waals surface area (Å²) in [6.45, 7) is 0. The van der Waals surface area contributed by atoms with Gasteiger partial charge in [0.25, 0.3) is 0 Å². The summed E-state index contributed by atoms with van der Waals surface area (Å²) in [6.07, 6.45) is 0.573. The van der Waals surface area contributed by atoms with E-state index in [-0.39, 0.29) is 0 Å². The van der Waals surface area contributed by atoms with Gasteiger partial charge >= 0.3 is 36.8 Å². The highest BCUT2D eigenvalue weighted by Gasteiger charge is 2.48. The molecule has 0 fully saturated rings. The fourth-order valence-corrected chi connectivity index (χ4v) is 2.78. The Bertz CT molecular complexity index is 482. The summed E-state index contributed by atoms with van der Waals surface area (Å²) in [7, 11) is -5.52. The monoisotopic (exact) mass is 379 g/mol. The van der Waals surface area contributed by atoms with E-state index >= 15 is 0 Å². The highest BCUT2D eigenvalue weighted by Crippen LogP contribution is 2.24. The first-order chi connectivity index (χ1) is 7.83. The van der Waals surface area contributed by atoms with Crippen LogP contribution in [0.1, 0.15) is 0 Å². The van der Waals surface area contributed by atoms with Gasteiger partial charge in [-0.3, -0.25) is 0 Å². The SMILES string of the molecule is O=S(=O)(O/C=C/[I+]c1ccccc1)C(F)(F)F. The average molecular weight is 379 g/mol. The Balaban J connectivity index is 2.53. The first-order valence-electron chi connectivity index (χ1n) is 4.16. The van der Waals surface area contributed by atoms with Crippen LogP contribution in [0.5, 0.6) is 0 Å². The van der Waals surface area contributed by atoms with Crippen molar-refractivity contribution in [1.82, 2.24) is 0 Å². The average Bonchev–Trinajstić information content (AvgIpc) is 2.24. The molecule has 0 aromatic heterocycles. The molecule has 8 heteroatoms. The van der Waals surface area contributed by atoms with Gasteiger partial charge < -0.3 is 4.18 Å². The van der Waals surface area contributed by atoms with Crippen LogP contribution in [-0.2, 0) is 14.3 Å². The van der Waals surface area contributed by atoms with Crippen LogP contribution >= 0.6 is 0 Å². The Kier molecular flexibility index (Phi) is 4.80. The van der Waals surface area contributed by atoms with Crippen LogP contribution < -0.4 is 21.2 Å². The molecule has 0 unspecified atom stereocenters. The molecule has 0 heterocycles. The van der Waals surface area contributed by atoms with Crippen LogP contribution in [0.2, 0.25) is 0 Å². The minimum absolute atomic E-state index is 0.573. The van der Waals surface area contributed by atoms with Crippen molar-refractivity contribution < 1.29 is 47.0 Å². The highest BCUT2D eigenvalue weighted by molar-refractivity contribution is 7.87. The van der Waals surface area contributed by atoms with Crippen molar-refractivity contribution in [1.29, 1.82) is 0 Å². The molecular weight excluding hydrogens is 372 g/mol. The van der Waals surface area contributed by atoms with Crippen LogP contribution in [0.15, 0.2) is 40.7 Å². The predicted molar refractivity (Wildman–Crippen MR) is 50.3 cm³/mol. The minimum atomic E-state index is -5.52. The largest absolute Gasteiger partial charge is 0.534 e. The van der Waals surface area contributed by atoms with E-state index in [2.05, 4.69) is 4.18 Å². The van der Waals surface area contributed by atoms with Crippen LogP contribution in [0.3, 0.4) is 0 Å². The zero-order chi connectivity index (χ0) is 12.9. The Morgan fingerprint density at radius 2 is 1.76 bits per heavy atom. The topological polar surface area (TPSA) is 43.4 Å². The van der Waals surface area contributed by atoms with Gasteiger partial charge in [0.1, 0.15) is 0 Å². The van der Waals surface area contributed by atoms with Gasteiger partial charge in [0.05, 0.1) is 0 Å². The van der Waals surface area contributed by atoms with Crippen molar-refractivity contribution in [2.45, 2.75) is 5.51 Å². The molecule has 0 saturated carbocycles. The van der Waals surface area contributed by atoms with Crippen LogP contribution in [0, 0.1) is 3.57 Å². The molecule has 1 aromatic rings. The summed E-state index contributed by atoms with van der Waals surface area (Å²) in [5.41, 5.74) is -5.39. The molecule has 0 aliphatic heterocycles. The lowest BCUT2D eigenvalue weighted by Gasteiger charge is -2.04. The van der Waals surface area contributed by atoms with Crippen molar-refractivity contribution in [2.24, 2.45) is 0 Å². The molecule has 0 radical (unpaired) electrons. The third-order valence-electron chi connectivity index (χ3n) is 1.44. The second-order valence-corrected chi connectivity index (χ2v) is 6.81. The molecule has 3 nitrogen and oxygen atoms in total. The van der Waals surface area contributed by atoms with Gasteiger partial charge in [0.15, 0.2) is 13.9 Å². The summed E-state index contributed by atoms with van der Waals surface area (Å²) in [5, 5.41) is 0. The van der Waals surface area contributed by atoms with Crippen LogP contribution in [0.25, 0.3) is 0 Å². The Hall–Kier alpha value is -0.770. The fraction of sp³-hybridized carbons (Fsp3) is 0.111. The maximum atomic E-state index is 11.8. The highest BCUT2D eigenvalue weighted by atomic mass is 127. The summed E-state index contributed by atoms with van der Waals surface area (Å²) < 4.78 is 62.4. The molecule has 0 saturated heterocycles. The molecule has 0 amide bonds. The van der Waals surface area contributed by atoms with Crippen molar-refractivity contribution >= 4 is 10.1 Å². The number of benzene rings is 1. The van der Waals surface area contributed by atoms with Crippen molar-refractivity contribution in [3.05, 3.63) is 44.2 Å². The molecule has 0 bridgehead atoms. The molecule has 17 heavy (non-hydrogen) atoms. The maximum Gasteiger partial charge on any atom is 0.534 e. The Morgan fingerprint density at radius 1 is 1.18 bits per heavy atom. The predicted octanol–water partition coefficient (Wildman–Crippen LogP) is -0.717. The minimum Gasteiger partial charge on any atom is -0.380 e. The van der Waals surface area contributed by atoms with Gasteiger partial charge in [-0.25, -0.2) is 0 Å². The molecular formula is C9H7F3IO3S+. The van der Waals surface area contributed by atoms with Gasteiger partial charge in [0.2, 0.25) is 0 Å². The number of alkyl halides is 3. The molecule has 0 spiro atoms. The lowest BCUT2D eigenvalue weighted by molar-refractivity contribution is -0.557. The van der Waals surface area contributed by atoms with E-state index in [0.29, 0.717) is 6.26 Å². The number of halogens is 4. The molecule has 1 rings (SSSR count). The number of hydrogen-bond acceptors (Lipinski definition) is 3. The summed E-state index contributed by atoms with van der Waals surface area (Å²) in [5.74, 6) is 0. The zero-order valence-corrected chi connectivity index (χ0v) is 11.2. The van der Waals surface area contributed by atoms with E-state index in [4.69, 9.17) is 0 Å². The summed E-state index contributed by atoms with van der Waals surface area (Å²) >= 11 is -0.702. The molecule has 0 aliphatic carbocycles. The standard InChI is InChI=1S/C9H7F3IO3S/c10-9(11,12)17(14,15)16-7-6-13-8-4-2-1-3-5-8/h1-7H/q+1/b7-6+. The van der Waals surface area contributed by atoms with Crippen molar-refractivity contribution in [3.63, 3.8) is 0 Å². The zero-order valence-electron chi connectivity index (χ0n) is 8.19. The van der Waals surface area contributed by atoms with E-state index < -0.39 is 36.8 Å². The quantitative estimate of drug-likeness (QED) is 0.300. The van der Waals surface area contributed by atoms with Crippen LogP contribution in [-0.4, -0.2) is 13.9 Å². The maximum absolute atomic E-state index is 11.8. The van der Waals surface area contributed by atoms with E-state index in [1.165, 1.54) is 4.08 Å². The Morgan fingerprint density at radius 3 is 2.29 bits per heavy atom. The summed E-state index contributed by atoms with van der Waals surface area (Å²) in [6, 6.07) is 8.99. The smallest absolute Gasteiger partial charge is 0.380 e. The van der Waals surface area contributed by atoms with Crippen molar-refractivity contribution in [2.75, 3.05) is 0 Å². The number of rotatable bonds is 4. The van der Waals surface area contributed by atoms with E-state index in [1.807, 2.05) is 6.07 Å². The first-order valence-corrected chi connectivity index (χ1v) is 7.89. The van der Waals surface area contributed by atoms with Gasteiger partial charge in [-0.15, -0.1) is 0 Å². The number of hydrogen-bond donors (Lipinski definition) is 0. The lowest BCUT2D eigenvalue weighted by atomic mass is 10.4. The van der Waals surface area contributed by atoms with Gasteiger partial charge in [-0.2, -0.15) is 21.6 Å². The third kappa shape index (κ3) is 4.54. The molecule has 0 atom stereocenters. The lowest BCUT2D eigenvalue weighted by Crippen LogP contribution is -3.59. The normalized spacial score (nSPS) is 12.9. The van der Waals surface area contributed by atoms with Gasteiger partial charge in [0, 0.05) is 0 Å². The van der Waals surface area contributed by atoms with Gasteiger partial charge in [-0.05, 0) is 12.1 Å². The molecule has 0 N–H and O–H groups in total. The third-order valence-corrected chi connectivity index (χ3v) is 4.46. The summed E-state index contributed by atoms with van der Waals surface area (Å²) in [4.78, 5) is 0. The molecule has 94 valence electrons. The van der Waals surface area contributed by atoms with E-state index in [9.17, 15) is 21.6 Å². The second kappa shape index (κ2) is 5.71.